The van der Waals surface area contributed by atoms with Gasteiger partial charge in [-0.25, -0.2) is 0 Å². The molecule has 0 aromatic carbocycles. The molecule has 15 heavy (non-hydrogen) atoms. The van der Waals surface area contributed by atoms with Crippen LogP contribution in [0.1, 0.15) is 52.4 Å². The second-order valence-electron chi connectivity index (χ2n) is 5.68. The van der Waals surface area contributed by atoms with Crippen LogP contribution in [0, 0.1) is 17.3 Å². The fourth-order valence-electron chi connectivity index (χ4n) is 3.95. The van der Waals surface area contributed by atoms with Gasteiger partial charge in [0.1, 0.15) is 5.78 Å². The molecule has 0 unspecified atom stereocenters. The van der Waals surface area contributed by atoms with Crippen molar-refractivity contribution in [2.24, 2.45) is 17.3 Å². The van der Waals surface area contributed by atoms with E-state index in [4.69, 9.17) is 0 Å². The molecule has 84 valence electrons. The van der Waals surface area contributed by atoms with Crippen LogP contribution in [-0.4, -0.2) is 5.78 Å². The molecule has 0 N–H and O–H groups in total. The minimum atomic E-state index is 0.293. The Morgan fingerprint density at radius 3 is 2.80 bits per heavy atom. The molecule has 2 saturated carbocycles. The third-order valence-electron chi connectivity index (χ3n) is 4.78. The molecule has 0 aliphatic heterocycles. The van der Waals surface area contributed by atoms with Crippen LogP contribution in [0.5, 0.6) is 0 Å². The van der Waals surface area contributed by atoms with Crippen molar-refractivity contribution in [1.29, 1.82) is 0 Å². The monoisotopic (exact) mass is 206 g/mol. The minimum absolute atomic E-state index is 0.293. The molecule has 2 aliphatic carbocycles. The van der Waals surface area contributed by atoms with E-state index in [9.17, 15) is 4.79 Å². The van der Waals surface area contributed by atoms with Crippen molar-refractivity contribution < 1.29 is 4.79 Å². The molecule has 0 heterocycles. The Balaban J connectivity index is 2.28. The predicted octanol–water partition coefficient (Wildman–Crippen LogP) is 3.74. The lowest BCUT2D eigenvalue weighted by molar-refractivity contribution is -0.125. The van der Waals surface area contributed by atoms with Gasteiger partial charge >= 0.3 is 0 Å². The van der Waals surface area contributed by atoms with Crippen LogP contribution in [0.4, 0.5) is 0 Å². The number of carbonyl (C=O) groups is 1. The van der Waals surface area contributed by atoms with E-state index in [1.807, 2.05) is 0 Å². The Morgan fingerprint density at radius 1 is 1.47 bits per heavy atom. The van der Waals surface area contributed by atoms with E-state index in [-0.39, 0.29) is 0 Å². The molecule has 1 spiro atoms. The summed E-state index contributed by atoms with van der Waals surface area (Å²) in [5.41, 5.74) is 1.59. The quantitative estimate of drug-likeness (QED) is 0.597. The fourth-order valence-corrected chi connectivity index (χ4v) is 3.95. The van der Waals surface area contributed by atoms with Gasteiger partial charge in [-0.2, -0.15) is 0 Å². The van der Waals surface area contributed by atoms with E-state index >= 15 is 0 Å². The van der Waals surface area contributed by atoms with Crippen molar-refractivity contribution >= 4 is 5.78 Å². The van der Waals surface area contributed by atoms with E-state index in [1.165, 1.54) is 24.8 Å². The van der Waals surface area contributed by atoms with Gasteiger partial charge in [0.05, 0.1) is 0 Å². The van der Waals surface area contributed by atoms with E-state index < -0.39 is 0 Å². The van der Waals surface area contributed by atoms with Gasteiger partial charge in [0.25, 0.3) is 0 Å². The molecule has 2 rings (SSSR count). The molecule has 0 saturated heterocycles. The standard InChI is InChI=1S/C14H22O/c1-10(2)13-7-6-11(3)14(13)8-4-5-12(15)9-14/h11,13H,1,4-9H2,2-3H3/t11-,13+,14+/m0/s1. The number of rotatable bonds is 1. The second kappa shape index (κ2) is 3.77. The van der Waals surface area contributed by atoms with Crippen molar-refractivity contribution in [1.82, 2.24) is 0 Å². The van der Waals surface area contributed by atoms with Crippen molar-refractivity contribution in [3.05, 3.63) is 12.2 Å². The Morgan fingerprint density at radius 2 is 2.20 bits per heavy atom. The third-order valence-corrected chi connectivity index (χ3v) is 4.78. The normalized spacial score (nSPS) is 41.1. The van der Waals surface area contributed by atoms with Crippen molar-refractivity contribution in [2.75, 3.05) is 0 Å². The maximum absolute atomic E-state index is 11.7. The first-order valence-electron chi connectivity index (χ1n) is 6.23. The predicted molar refractivity (Wildman–Crippen MR) is 62.6 cm³/mol. The molecular weight excluding hydrogens is 184 g/mol. The summed E-state index contributed by atoms with van der Waals surface area (Å²) in [4.78, 5) is 11.7. The molecule has 1 heteroatoms. The van der Waals surface area contributed by atoms with Gasteiger partial charge in [-0.3, -0.25) is 4.79 Å². The van der Waals surface area contributed by atoms with Crippen LogP contribution in [0.25, 0.3) is 0 Å². The Bertz CT molecular complexity index is 292. The largest absolute Gasteiger partial charge is 0.300 e. The minimum Gasteiger partial charge on any atom is -0.300 e. The molecule has 0 bridgehead atoms. The van der Waals surface area contributed by atoms with Crippen LogP contribution in [0.3, 0.4) is 0 Å². The van der Waals surface area contributed by atoms with Crippen molar-refractivity contribution in [3.63, 3.8) is 0 Å². The summed E-state index contributed by atoms with van der Waals surface area (Å²) in [6.45, 7) is 8.61. The molecule has 3 atom stereocenters. The highest BCUT2D eigenvalue weighted by Gasteiger charge is 2.49. The summed E-state index contributed by atoms with van der Waals surface area (Å²) in [6, 6.07) is 0. The number of ketones is 1. The molecule has 0 aromatic heterocycles. The first-order valence-corrected chi connectivity index (χ1v) is 6.23. The van der Waals surface area contributed by atoms with Gasteiger partial charge in [-0.1, -0.05) is 19.1 Å². The summed E-state index contributed by atoms with van der Waals surface area (Å²) in [7, 11) is 0. The first kappa shape index (κ1) is 10.9. The summed E-state index contributed by atoms with van der Waals surface area (Å²) in [6.07, 6.45) is 6.53. The highest BCUT2D eigenvalue weighted by molar-refractivity contribution is 5.80. The Labute approximate surface area is 92.9 Å². The van der Waals surface area contributed by atoms with Gasteiger partial charge in [0.2, 0.25) is 0 Å². The molecule has 2 aliphatic rings. The van der Waals surface area contributed by atoms with Crippen LogP contribution in [0.15, 0.2) is 12.2 Å². The zero-order valence-corrected chi connectivity index (χ0v) is 10.0. The summed E-state index contributed by atoms with van der Waals surface area (Å²) >= 11 is 0. The molecular formula is C14H22O. The number of allylic oxidation sites excluding steroid dienone is 1. The van der Waals surface area contributed by atoms with Crippen LogP contribution in [0.2, 0.25) is 0 Å². The van der Waals surface area contributed by atoms with Crippen LogP contribution in [-0.2, 0) is 4.79 Å². The van der Waals surface area contributed by atoms with Crippen molar-refractivity contribution in [2.45, 2.75) is 52.4 Å². The third kappa shape index (κ3) is 1.66. The SMILES string of the molecule is C=C(C)[C@H]1CC[C@H](C)[C@]12CCCC(=O)C2. The van der Waals surface area contributed by atoms with Crippen LogP contribution >= 0.6 is 0 Å². The maximum atomic E-state index is 11.7. The van der Waals surface area contributed by atoms with Crippen molar-refractivity contribution in [3.8, 4) is 0 Å². The first-order chi connectivity index (χ1) is 7.06. The van der Waals surface area contributed by atoms with Gasteiger partial charge in [-0.05, 0) is 49.9 Å². The Hall–Kier alpha value is -0.590. The lowest BCUT2D eigenvalue weighted by Gasteiger charge is -2.42. The van der Waals surface area contributed by atoms with E-state index in [1.54, 1.807) is 0 Å². The average Bonchev–Trinajstić information content (AvgIpc) is 2.44. The topological polar surface area (TPSA) is 17.1 Å². The fraction of sp³-hybridized carbons (Fsp3) is 0.786. The summed E-state index contributed by atoms with van der Waals surface area (Å²) in [5, 5.41) is 0. The smallest absolute Gasteiger partial charge is 0.133 e. The molecule has 0 radical (unpaired) electrons. The molecule has 1 nitrogen and oxygen atoms in total. The highest BCUT2D eigenvalue weighted by atomic mass is 16.1. The van der Waals surface area contributed by atoms with Gasteiger partial charge in [0, 0.05) is 12.8 Å². The van der Waals surface area contributed by atoms with E-state index in [2.05, 4.69) is 20.4 Å². The molecule has 0 aromatic rings. The maximum Gasteiger partial charge on any atom is 0.133 e. The zero-order chi connectivity index (χ0) is 11.1. The summed E-state index contributed by atoms with van der Waals surface area (Å²) < 4.78 is 0. The number of hydrogen-bond acceptors (Lipinski definition) is 1. The number of carbonyl (C=O) groups excluding carboxylic acids is 1. The van der Waals surface area contributed by atoms with Gasteiger partial charge < -0.3 is 0 Å². The highest BCUT2D eigenvalue weighted by Crippen LogP contribution is 2.57. The number of hydrogen-bond donors (Lipinski definition) is 0. The van der Waals surface area contributed by atoms with Crippen LogP contribution < -0.4 is 0 Å². The van der Waals surface area contributed by atoms with E-state index in [0.717, 1.165) is 19.3 Å². The summed E-state index contributed by atoms with van der Waals surface area (Å²) in [5.74, 6) is 1.81. The molecule has 2 fully saturated rings. The second-order valence-corrected chi connectivity index (χ2v) is 5.68. The number of Topliss-reactive ketones (excluding diaryl/α,β-unsaturated/α-hetero) is 1. The average molecular weight is 206 g/mol. The lowest BCUT2D eigenvalue weighted by atomic mass is 9.62. The zero-order valence-electron chi connectivity index (χ0n) is 10.0. The van der Waals surface area contributed by atoms with Gasteiger partial charge in [-0.15, -0.1) is 0 Å². The van der Waals surface area contributed by atoms with E-state index in [0.29, 0.717) is 23.0 Å². The van der Waals surface area contributed by atoms with Gasteiger partial charge in [0.15, 0.2) is 0 Å². The Kier molecular flexibility index (Phi) is 2.74. The molecule has 0 amide bonds. The lowest BCUT2D eigenvalue weighted by Crippen LogP contribution is -2.37.